The van der Waals surface area contributed by atoms with Crippen LogP contribution in [-0.2, 0) is 17.9 Å². The van der Waals surface area contributed by atoms with Crippen molar-refractivity contribution in [3.8, 4) is 0 Å². The summed E-state index contributed by atoms with van der Waals surface area (Å²) in [7, 11) is 0. The quantitative estimate of drug-likeness (QED) is 0.722. The Bertz CT molecular complexity index is 585. The fourth-order valence-corrected chi connectivity index (χ4v) is 3.75. The summed E-state index contributed by atoms with van der Waals surface area (Å²) in [5.41, 5.74) is 3.51. The lowest BCUT2D eigenvalue weighted by Crippen LogP contribution is -2.19. The van der Waals surface area contributed by atoms with E-state index < -0.39 is 0 Å². The summed E-state index contributed by atoms with van der Waals surface area (Å²) in [5, 5.41) is 3.49. The van der Waals surface area contributed by atoms with E-state index in [0.29, 0.717) is 6.61 Å². The summed E-state index contributed by atoms with van der Waals surface area (Å²) >= 11 is 13.6. The van der Waals surface area contributed by atoms with Gasteiger partial charge in [0, 0.05) is 19.2 Å². The van der Waals surface area contributed by atoms with Gasteiger partial charge in [-0.05, 0) is 36.6 Å². The van der Waals surface area contributed by atoms with E-state index in [0.717, 1.165) is 27.4 Å². The van der Waals surface area contributed by atoms with Gasteiger partial charge in [-0.2, -0.15) is 0 Å². The van der Waals surface area contributed by atoms with E-state index in [9.17, 15) is 0 Å². The molecular weight excluding hydrogens is 325 g/mol. The van der Waals surface area contributed by atoms with Gasteiger partial charge in [0.1, 0.15) is 0 Å². The average molecular weight is 344 g/mol. The number of benzene rings is 1. The zero-order valence-corrected chi connectivity index (χ0v) is 14.5. The van der Waals surface area contributed by atoms with Crippen molar-refractivity contribution in [2.75, 3.05) is 6.61 Å². The number of hydrogen-bond donors (Lipinski definition) is 1. The topological polar surface area (TPSA) is 21.3 Å². The molecule has 0 aliphatic rings. The Morgan fingerprint density at radius 3 is 2.57 bits per heavy atom. The molecule has 0 fully saturated rings. The molecule has 2 rings (SSSR count). The van der Waals surface area contributed by atoms with Crippen molar-refractivity contribution >= 4 is 34.5 Å². The molecule has 2 nitrogen and oxygen atoms in total. The Morgan fingerprint density at radius 2 is 1.95 bits per heavy atom. The molecule has 21 heavy (non-hydrogen) atoms. The van der Waals surface area contributed by atoms with E-state index in [4.69, 9.17) is 27.9 Å². The molecule has 0 bridgehead atoms. The number of hydrogen-bond acceptors (Lipinski definition) is 3. The minimum atomic E-state index is 0.154. The number of ether oxygens (including phenoxy) is 1. The second-order valence-electron chi connectivity index (χ2n) is 4.79. The van der Waals surface area contributed by atoms with E-state index in [2.05, 4.69) is 24.4 Å². The van der Waals surface area contributed by atoms with E-state index in [-0.39, 0.29) is 6.04 Å². The third kappa shape index (κ3) is 4.70. The Balaban J connectivity index is 2.01. The van der Waals surface area contributed by atoms with Crippen LogP contribution in [0.3, 0.4) is 0 Å². The molecule has 1 aromatic carbocycles. The van der Waals surface area contributed by atoms with Gasteiger partial charge in [0.25, 0.3) is 0 Å². The van der Waals surface area contributed by atoms with Crippen molar-refractivity contribution in [2.24, 2.45) is 0 Å². The molecule has 0 saturated heterocycles. The minimum Gasteiger partial charge on any atom is -0.377 e. The molecule has 0 saturated carbocycles. The summed E-state index contributed by atoms with van der Waals surface area (Å²) in [6.07, 6.45) is 0. The van der Waals surface area contributed by atoms with Crippen LogP contribution in [0, 0.1) is 0 Å². The van der Waals surface area contributed by atoms with Gasteiger partial charge in [-0.15, -0.1) is 11.3 Å². The van der Waals surface area contributed by atoms with Gasteiger partial charge in [-0.25, -0.2) is 0 Å². The van der Waals surface area contributed by atoms with Crippen molar-refractivity contribution < 1.29 is 4.74 Å². The molecule has 1 atom stereocenters. The summed E-state index contributed by atoms with van der Waals surface area (Å²) in [6, 6.07) is 10.4. The molecule has 1 heterocycles. The third-order valence-corrected chi connectivity index (χ3v) is 4.85. The lowest BCUT2D eigenvalue weighted by atomic mass is 10.1. The van der Waals surface area contributed by atoms with Gasteiger partial charge in [-0.3, -0.25) is 0 Å². The Morgan fingerprint density at radius 1 is 1.24 bits per heavy atom. The van der Waals surface area contributed by atoms with Gasteiger partial charge < -0.3 is 10.1 Å². The summed E-state index contributed by atoms with van der Waals surface area (Å²) in [6.45, 7) is 6.24. The highest BCUT2D eigenvalue weighted by atomic mass is 35.5. The molecular formula is C16H19Cl2NOS. The van der Waals surface area contributed by atoms with Crippen LogP contribution in [0.2, 0.25) is 8.67 Å². The van der Waals surface area contributed by atoms with E-state index in [1.165, 1.54) is 22.5 Å². The van der Waals surface area contributed by atoms with Crippen molar-refractivity contribution in [1.29, 1.82) is 0 Å². The SMILES string of the molecule is CCOCc1ccccc1CNC(C)c1cc(Cl)sc1Cl. The first kappa shape index (κ1) is 16.8. The largest absolute Gasteiger partial charge is 0.377 e. The van der Waals surface area contributed by atoms with E-state index in [1.807, 2.05) is 25.1 Å². The molecule has 0 radical (unpaired) electrons. The lowest BCUT2D eigenvalue weighted by Gasteiger charge is -2.15. The molecule has 0 amide bonds. The molecule has 0 aliphatic heterocycles. The first-order valence-corrected chi connectivity index (χ1v) is 8.51. The maximum Gasteiger partial charge on any atom is 0.0991 e. The highest BCUT2D eigenvalue weighted by Crippen LogP contribution is 2.34. The van der Waals surface area contributed by atoms with E-state index in [1.54, 1.807) is 0 Å². The normalized spacial score (nSPS) is 12.6. The van der Waals surface area contributed by atoms with Crippen LogP contribution >= 0.6 is 34.5 Å². The van der Waals surface area contributed by atoms with Crippen LogP contribution in [0.1, 0.15) is 36.6 Å². The van der Waals surface area contributed by atoms with Crippen LogP contribution in [0.4, 0.5) is 0 Å². The fraction of sp³-hybridized carbons (Fsp3) is 0.375. The molecule has 1 N–H and O–H groups in total. The van der Waals surface area contributed by atoms with Gasteiger partial charge >= 0.3 is 0 Å². The van der Waals surface area contributed by atoms with Crippen LogP contribution in [0.15, 0.2) is 30.3 Å². The monoisotopic (exact) mass is 343 g/mol. The standard InChI is InChI=1S/C16H19Cl2NOS/c1-3-20-10-13-7-5-4-6-12(13)9-19-11(2)14-8-15(17)21-16(14)18/h4-8,11,19H,3,9-10H2,1-2H3. The zero-order valence-electron chi connectivity index (χ0n) is 12.2. The molecule has 1 aromatic heterocycles. The Labute approximate surface area is 140 Å². The van der Waals surface area contributed by atoms with Gasteiger partial charge in [-0.1, -0.05) is 47.5 Å². The predicted octanol–water partition coefficient (Wildman–Crippen LogP) is 5.44. The smallest absolute Gasteiger partial charge is 0.0991 e. The average Bonchev–Trinajstić information content (AvgIpc) is 2.82. The minimum absolute atomic E-state index is 0.154. The van der Waals surface area contributed by atoms with Gasteiger partial charge in [0.2, 0.25) is 0 Å². The summed E-state index contributed by atoms with van der Waals surface area (Å²) < 4.78 is 6.98. The molecule has 114 valence electrons. The highest BCUT2D eigenvalue weighted by Gasteiger charge is 2.13. The van der Waals surface area contributed by atoms with Gasteiger partial charge in [0.15, 0.2) is 0 Å². The fourth-order valence-electron chi connectivity index (χ4n) is 2.10. The molecule has 0 spiro atoms. The van der Waals surface area contributed by atoms with Crippen LogP contribution < -0.4 is 5.32 Å². The number of nitrogens with one attached hydrogen (secondary N) is 1. The Hall–Kier alpha value is -0.580. The molecule has 1 unspecified atom stereocenters. The van der Waals surface area contributed by atoms with Gasteiger partial charge in [0.05, 0.1) is 15.3 Å². The predicted molar refractivity (Wildman–Crippen MR) is 91.4 cm³/mol. The van der Waals surface area contributed by atoms with Crippen molar-refractivity contribution in [3.63, 3.8) is 0 Å². The Kier molecular flexibility index (Phi) is 6.52. The van der Waals surface area contributed by atoms with E-state index >= 15 is 0 Å². The maximum absolute atomic E-state index is 6.20. The summed E-state index contributed by atoms with van der Waals surface area (Å²) in [5.74, 6) is 0. The zero-order chi connectivity index (χ0) is 15.2. The molecule has 0 aliphatic carbocycles. The summed E-state index contributed by atoms with van der Waals surface area (Å²) in [4.78, 5) is 0. The third-order valence-electron chi connectivity index (χ3n) is 3.33. The van der Waals surface area contributed by atoms with Crippen LogP contribution in [0.5, 0.6) is 0 Å². The second-order valence-corrected chi connectivity index (χ2v) is 7.07. The highest BCUT2D eigenvalue weighted by molar-refractivity contribution is 7.20. The van der Waals surface area contributed by atoms with Crippen molar-refractivity contribution in [3.05, 3.63) is 55.7 Å². The first-order chi connectivity index (χ1) is 10.1. The maximum atomic E-state index is 6.20. The van der Waals surface area contributed by atoms with Crippen LogP contribution in [-0.4, -0.2) is 6.61 Å². The molecule has 5 heteroatoms. The lowest BCUT2D eigenvalue weighted by molar-refractivity contribution is 0.133. The van der Waals surface area contributed by atoms with Crippen LogP contribution in [0.25, 0.3) is 0 Å². The van der Waals surface area contributed by atoms with Crippen molar-refractivity contribution in [1.82, 2.24) is 5.32 Å². The first-order valence-electron chi connectivity index (χ1n) is 6.94. The number of thiophene rings is 1. The molecule has 2 aromatic rings. The second kappa shape index (κ2) is 8.16. The van der Waals surface area contributed by atoms with Crippen molar-refractivity contribution in [2.45, 2.75) is 33.0 Å². The number of rotatable bonds is 7. The number of halogens is 2.